The number of ether oxygens (including phenoxy) is 1. The van der Waals surface area contributed by atoms with Crippen LogP contribution in [0.4, 0.5) is 0 Å². The molecule has 0 aliphatic heterocycles. The Balaban J connectivity index is 0.00000175. The third-order valence-corrected chi connectivity index (χ3v) is 20.5. The standard InChI is InChI=1S/C51H74OSi.2CH3.2ClH.Zr/c1-35-33-45-41(37-23-27-39(28-24-37)49(3,4)5)19-17-21-43(45)47(35)53(12,32-16-14-13-15-31-52-51(9,10)11)48-36(2)34-46-42(20-18-22-44(46)48)38-25-29-40(30-26-38)50(6,7)8;;;;;/h17-30,35-36,43-48H,13-16,31-34H2,1-12H3;2*1H3;2*1H;/q;2*-1;;;+4/p-2. The van der Waals surface area contributed by atoms with Crippen LogP contribution in [0, 0.1) is 50.4 Å². The molecule has 2 saturated carbocycles. The van der Waals surface area contributed by atoms with Crippen molar-refractivity contribution < 1.29 is 25.6 Å². The van der Waals surface area contributed by atoms with Gasteiger partial charge in [-0.25, -0.2) is 0 Å². The van der Waals surface area contributed by atoms with Gasteiger partial charge in [0.1, 0.15) is 0 Å². The van der Waals surface area contributed by atoms with Gasteiger partial charge in [-0.05, 0) is 131 Å². The van der Waals surface area contributed by atoms with Crippen LogP contribution in [0.15, 0.2) is 85.0 Å². The first-order valence-electron chi connectivity index (χ1n) is 21.9. The number of hydrogen-bond donors (Lipinski definition) is 0. The van der Waals surface area contributed by atoms with Crippen molar-refractivity contribution in [1.82, 2.24) is 0 Å². The van der Waals surface area contributed by atoms with Crippen molar-refractivity contribution in [2.75, 3.05) is 6.61 Å². The van der Waals surface area contributed by atoms with Crippen molar-refractivity contribution in [1.29, 1.82) is 0 Å². The number of rotatable bonds is 11. The molecule has 0 amide bonds. The summed E-state index contributed by atoms with van der Waals surface area (Å²) in [6.45, 7) is 29.6. The van der Waals surface area contributed by atoms with Crippen molar-refractivity contribution in [2.24, 2.45) is 35.5 Å². The van der Waals surface area contributed by atoms with E-state index in [0.29, 0.717) is 23.7 Å². The second-order valence-corrected chi connectivity index (χ2v) is 29.8. The molecular formula is C53H80Cl2OSiZr. The van der Waals surface area contributed by atoms with Gasteiger partial charge >= 0.3 is 37.9 Å². The first kappa shape index (κ1) is 51.4. The fourth-order valence-electron chi connectivity index (χ4n) is 11.7. The summed E-state index contributed by atoms with van der Waals surface area (Å²) in [5.41, 5.74) is 10.9. The van der Waals surface area contributed by atoms with Crippen molar-refractivity contribution in [3.8, 4) is 0 Å². The summed E-state index contributed by atoms with van der Waals surface area (Å²) in [5.74, 6) is 4.08. The van der Waals surface area contributed by atoms with Crippen LogP contribution in [0.2, 0.25) is 23.7 Å². The Bertz CT molecular complexity index is 1590. The number of fused-ring (bicyclic) bond motifs is 2. The van der Waals surface area contributed by atoms with E-state index in [4.69, 9.17) is 21.8 Å². The van der Waals surface area contributed by atoms with Crippen LogP contribution < -0.4 is 0 Å². The average Bonchev–Trinajstić information content (AvgIpc) is 3.66. The van der Waals surface area contributed by atoms with Crippen molar-refractivity contribution in [3.63, 3.8) is 0 Å². The van der Waals surface area contributed by atoms with E-state index >= 15 is 0 Å². The number of hydrogen-bond acceptors (Lipinski definition) is 1. The fraction of sp³-hybridized carbons (Fsp3) is 0.585. The third kappa shape index (κ3) is 12.1. The Morgan fingerprint density at radius 1 is 0.621 bits per heavy atom. The predicted molar refractivity (Wildman–Crippen MR) is 259 cm³/mol. The van der Waals surface area contributed by atoms with Gasteiger partial charge in [-0.15, -0.1) is 0 Å². The van der Waals surface area contributed by atoms with Crippen LogP contribution in [0.25, 0.3) is 11.1 Å². The maximum absolute atomic E-state index is 6.11. The van der Waals surface area contributed by atoms with E-state index < -0.39 is 28.9 Å². The molecule has 8 atom stereocenters. The zero-order valence-electron chi connectivity index (χ0n) is 39.0. The van der Waals surface area contributed by atoms with Gasteiger partial charge in [0.25, 0.3) is 0 Å². The molecule has 2 aromatic carbocycles. The zero-order valence-corrected chi connectivity index (χ0v) is 44.0. The van der Waals surface area contributed by atoms with E-state index in [0.717, 1.165) is 29.5 Å². The molecule has 2 aromatic rings. The molecule has 0 aromatic heterocycles. The molecule has 4 aliphatic rings. The Labute approximate surface area is 378 Å². The fourth-order valence-corrected chi connectivity index (χ4v) is 19.1. The summed E-state index contributed by atoms with van der Waals surface area (Å²) in [7, 11) is 8.03. The van der Waals surface area contributed by atoms with Gasteiger partial charge in [0.2, 0.25) is 0 Å². The second-order valence-electron chi connectivity index (χ2n) is 21.2. The van der Waals surface area contributed by atoms with Crippen molar-refractivity contribution in [2.45, 2.75) is 155 Å². The van der Waals surface area contributed by atoms with Crippen LogP contribution in [0.1, 0.15) is 137 Å². The first-order chi connectivity index (χ1) is 26.3. The summed E-state index contributed by atoms with van der Waals surface area (Å²) in [5, 5.41) is 0. The number of unbranched alkanes of at least 4 members (excludes halogenated alkanes) is 3. The molecule has 0 spiro atoms. The monoisotopic (exact) mass is 920 g/mol. The second kappa shape index (κ2) is 21.4. The molecule has 0 bridgehead atoms. The maximum atomic E-state index is 6.11. The molecule has 2 fully saturated rings. The van der Waals surface area contributed by atoms with Gasteiger partial charge in [0.15, 0.2) is 0 Å². The molecule has 0 heterocycles. The minimum atomic E-state index is -1.84. The summed E-state index contributed by atoms with van der Waals surface area (Å²) in [6, 6.07) is 20.7. The molecule has 1 nitrogen and oxygen atoms in total. The predicted octanol–water partition coefficient (Wildman–Crippen LogP) is 16.9. The molecule has 0 N–H and O–H groups in total. The SMILES string of the molecule is CC1CC2C(c3ccc(C(C)(C)C)cc3)=CC=CC2C1[Si](C)(CCCCCCOC(C)(C)C)C1C(C)CC2C(c3ccc(C(C)(C)C)cc3)=CC=CC21.[CH3-].[CH3-].[Cl][Zr+2][Cl]. The van der Waals surface area contributed by atoms with Crippen molar-refractivity contribution in [3.05, 3.63) is 122 Å². The Morgan fingerprint density at radius 3 is 1.36 bits per heavy atom. The van der Waals surface area contributed by atoms with Gasteiger partial charge < -0.3 is 19.6 Å². The molecular weight excluding hydrogens is 843 g/mol. The molecule has 8 unspecified atom stereocenters. The van der Waals surface area contributed by atoms with Crippen LogP contribution >= 0.6 is 17.0 Å². The van der Waals surface area contributed by atoms with Crippen LogP contribution in [-0.2, 0) is 36.4 Å². The average molecular weight is 923 g/mol. The quantitative estimate of drug-likeness (QED) is 0.124. The van der Waals surface area contributed by atoms with E-state index in [2.05, 4.69) is 168 Å². The van der Waals surface area contributed by atoms with E-state index in [1.54, 1.807) is 11.1 Å². The topological polar surface area (TPSA) is 9.23 Å². The van der Waals surface area contributed by atoms with Gasteiger partial charge in [-0.2, -0.15) is 0 Å². The summed E-state index contributed by atoms with van der Waals surface area (Å²) in [6.07, 6.45) is 23.0. The summed E-state index contributed by atoms with van der Waals surface area (Å²) in [4.78, 5) is 0. The normalized spacial score (nSPS) is 27.3. The molecule has 320 valence electrons. The van der Waals surface area contributed by atoms with Gasteiger partial charge in [0, 0.05) is 6.61 Å². The van der Waals surface area contributed by atoms with Gasteiger partial charge in [0.05, 0.1) is 13.7 Å². The third-order valence-electron chi connectivity index (χ3n) is 14.1. The van der Waals surface area contributed by atoms with Gasteiger partial charge in [-0.3, -0.25) is 0 Å². The van der Waals surface area contributed by atoms with E-state index in [1.807, 2.05) is 0 Å². The van der Waals surface area contributed by atoms with E-state index in [9.17, 15) is 0 Å². The number of benzene rings is 2. The van der Waals surface area contributed by atoms with E-state index in [-0.39, 0.29) is 31.3 Å². The molecule has 0 saturated heterocycles. The molecule has 4 aliphatic carbocycles. The van der Waals surface area contributed by atoms with Crippen LogP contribution in [0.5, 0.6) is 0 Å². The minimum absolute atomic E-state index is 0. The van der Waals surface area contributed by atoms with Gasteiger partial charge in [-0.1, -0.05) is 172 Å². The molecule has 58 heavy (non-hydrogen) atoms. The van der Waals surface area contributed by atoms with E-state index in [1.165, 1.54) is 66.8 Å². The Kier molecular flexibility index (Phi) is 19.0. The van der Waals surface area contributed by atoms with Crippen LogP contribution in [0.3, 0.4) is 0 Å². The van der Waals surface area contributed by atoms with Crippen molar-refractivity contribution >= 4 is 36.2 Å². The Morgan fingerprint density at radius 2 is 1.00 bits per heavy atom. The molecule has 5 heteroatoms. The first-order valence-corrected chi connectivity index (χ1v) is 31.1. The molecule has 6 rings (SSSR count). The molecule has 0 radical (unpaired) electrons. The Hall–Kier alpha value is -0.960. The summed E-state index contributed by atoms with van der Waals surface area (Å²) >= 11 is -0.826. The number of allylic oxidation sites excluding steroid dienone is 8. The zero-order chi connectivity index (χ0) is 41.1. The summed E-state index contributed by atoms with van der Waals surface area (Å²) < 4.78 is 6.11. The number of halogens is 2. The van der Waals surface area contributed by atoms with Crippen LogP contribution in [-0.4, -0.2) is 20.3 Å².